The van der Waals surface area contributed by atoms with E-state index < -0.39 is 0 Å². The van der Waals surface area contributed by atoms with Gasteiger partial charge in [0.2, 0.25) is 5.91 Å². The summed E-state index contributed by atoms with van der Waals surface area (Å²) < 4.78 is 11.3. The molecule has 0 bridgehead atoms. The first-order valence-corrected chi connectivity index (χ1v) is 10.0. The normalized spacial score (nSPS) is 25.4. The average Bonchev–Trinajstić information content (AvgIpc) is 3.34. The van der Waals surface area contributed by atoms with Gasteiger partial charge in [-0.05, 0) is 44.9 Å². The van der Waals surface area contributed by atoms with E-state index in [0.717, 1.165) is 38.7 Å². The molecule has 6 nitrogen and oxygen atoms in total. The van der Waals surface area contributed by atoms with Gasteiger partial charge in [-0.1, -0.05) is 12.8 Å². The summed E-state index contributed by atoms with van der Waals surface area (Å²) in [5.41, 5.74) is 0. The van der Waals surface area contributed by atoms with Crippen molar-refractivity contribution in [1.82, 2.24) is 10.2 Å². The maximum Gasteiger partial charge on any atom is 0.251 e. The summed E-state index contributed by atoms with van der Waals surface area (Å²) in [7, 11) is 0. The Labute approximate surface area is 150 Å². The topological polar surface area (TPSA) is 67.9 Å². The number of carbonyl (C=O) groups is 2. The van der Waals surface area contributed by atoms with Crippen LogP contribution in [0.25, 0.3) is 0 Å². The molecule has 1 aliphatic carbocycles. The van der Waals surface area contributed by atoms with Crippen LogP contribution in [0.1, 0.15) is 57.8 Å². The molecule has 0 aromatic carbocycles. The average molecular weight is 352 g/mol. The van der Waals surface area contributed by atoms with Gasteiger partial charge in [0, 0.05) is 38.8 Å². The first kappa shape index (κ1) is 18.6. The van der Waals surface area contributed by atoms with Crippen LogP contribution in [0.3, 0.4) is 0 Å². The highest BCUT2D eigenvalue weighted by Crippen LogP contribution is 2.22. The highest BCUT2D eigenvalue weighted by molar-refractivity contribution is 5.82. The third kappa shape index (κ3) is 5.42. The highest BCUT2D eigenvalue weighted by Gasteiger charge is 2.32. The largest absolute Gasteiger partial charge is 0.378 e. The number of ether oxygens (including phenoxy) is 2. The van der Waals surface area contributed by atoms with Crippen LogP contribution in [0.4, 0.5) is 0 Å². The fraction of sp³-hybridized carbons (Fsp3) is 0.895. The molecule has 2 aliphatic heterocycles. The number of rotatable bonds is 7. The van der Waals surface area contributed by atoms with E-state index in [-0.39, 0.29) is 23.8 Å². The second-order valence-electron chi connectivity index (χ2n) is 7.52. The first-order chi connectivity index (χ1) is 12.2. The number of likely N-dealkylation sites (tertiary alicyclic amines) is 1. The number of carbonyl (C=O) groups excluding carboxylic acids is 2. The van der Waals surface area contributed by atoms with Gasteiger partial charge in [0.1, 0.15) is 6.10 Å². The third-order valence-electron chi connectivity index (χ3n) is 5.66. The van der Waals surface area contributed by atoms with Gasteiger partial charge >= 0.3 is 0 Å². The van der Waals surface area contributed by atoms with Crippen LogP contribution >= 0.6 is 0 Å². The summed E-state index contributed by atoms with van der Waals surface area (Å²) >= 11 is 0. The Hall–Kier alpha value is -1.14. The molecule has 2 saturated heterocycles. The van der Waals surface area contributed by atoms with E-state index in [1.807, 2.05) is 4.90 Å². The van der Waals surface area contributed by atoms with Crippen LogP contribution in [0, 0.1) is 5.92 Å². The van der Waals surface area contributed by atoms with Crippen LogP contribution in [0.15, 0.2) is 0 Å². The van der Waals surface area contributed by atoms with Crippen molar-refractivity contribution in [2.24, 2.45) is 5.92 Å². The van der Waals surface area contributed by atoms with Gasteiger partial charge in [-0.2, -0.15) is 0 Å². The molecule has 1 N–H and O–H groups in total. The minimum atomic E-state index is -0.245. The summed E-state index contributed by atoms with van der Waals surface area (Å²) in [6, 6.07) is 0. The zero-order valence-electron chi connectivity index (χ0n) is 15.2. The molecular formula is C19H32N2O4. The summed E-state index contributed by atoms with van der Waals surface area (Å²) in [5.74, 6) is 0.273. The van der Waals surface area contributed by atoms with E-state index in [0.29, 0.717) is 32.3 Å². The Morgan fingerprint density at radius 3 is 2.48 bits per heavy atom. The summed E-state index contributed by atoms with van der Waals surface area (Å²) in [4.78, 5) is 26.5. The molecule has 0 unspecified atom stereocenters. The number of hydrogen-bond acceptors (Lipinski definition) is 4. The van der Waals surface area contributed by atoms with Gasteiger partial charge in [-0.25, -0.2) is 0 Å². The minimum Gasteiger partial charge on any atom is -0.378 e. The van der Waals surface area contributed by atoms with Crippen LogP contribution in [0.5, 0.6) is 0 Å². The lowest BCUT2D eigenvalue weighted by Crippen LogP contribution is -2.46. The number of hydrogen-bond donors (Lipinski definition) is 1. The van der Waals surface area contributed by atoms with E-state index in [2.05, 4.69) is 5.32 Å². The van der Waals surface area contributed by atoms with Crippen molar-refractivity contribution in [3.05, 3.63) is 0 Å². The van der Waals surface area contributed by atoms with Crippen LogP contribution in [-0.4, -0.2) is 61.8 Å². The van der Waals surface area contributed by atoms with Gasteiger partial charge in [-0.15, -0.1) is 0 Å². The Morgan fingerprint density at radius 1 is 1.04 bits per heavy atom. The molecule has 2 amide bonds. The smallest absolute Gasteiger partial charge is 0.251 e. The van der Waals surface area contributed by atoms with Gasteiger partial charge in [0.15, 0.2) is 0 Å². The number of nitrogens with one attached hydrogen (secondary N) is 1. The van der Waals surface area contributed by atoms with Crippen molar-refractivity contribution in [2.45, 2.75) is 70.0 Å². The van der Waals surface area contributed by atoms with E-state index >= 15 is 0 Å². The second kappa shape index (κ2) is 9.53. The molecule has 1 atom stereocenters. The lowest BCUT2D eigenvalue weighted by molar-refractivity contribution is -0.143. The van der Waals surface area contributed by atoms with E-state index in [1.165, 1.54) is 25.7 Å². The van der Waals surface area contributed by atoms with E-state index in [9.17, 15) is 9.59 Å². The van der Waals surface area contributed by atoms with Crippen molar-refractivity contribution in [1.29, 1.82) is 0 Å². The summed E-state index contributed by atoms with van der Waals surface area (Å²) in [5, 5.41) is 3.03. The lowest BCUT2D eigenvalue weighted by Gasteiger charge is -2.32. The maximum absolute atomic E-state index is 12.3. The Balaban J connectivity index is 1.26. The second-order valence-corrected chi connectivity index (χ2v) is 7.52. The van der Waals surface area contributed by atoms with E-state index in [1.54, 1.807) is 0 Å². The molecular weight excluding hydrogens is 320 g/mol. The van der Waals surface area contributed by atoms with Crippen molar-refractivity contribution in [3.63, 3.8) is 0 Å². The van der Waals surface area contributed by atoms with Gasteiger partial charge in [-0.3, -0.25) is 9.59 Å². The molecule has 1 saturated carbocycles. The van der Waals surface area contributed by atoms with Crippen LogP contribution in [-0.2, 0) is 19.1 Å². The molecule has 2 heterocycles. The fourth-order valence-corrected chi connectivity index (χ4v) is 4.07. The maximum atomic E-state index is 12.3. The van der Waals surface area contributed by atoms with Crippen molar-refractivity contribution < 1.29 is 19.1 Å². The zero-order valence-corrected chi connectivity index (χ0v) is 15.2. The van der Waals surface area contributed by atoms with Crippen molar-refractivity contribution in [2.75, 3.05) is 32.8 Å². The molecule has 0 aromatic heterocycles. The number of nitrogens with zero attached hydrogens (tertiary/aromatic N) is 1. The molecule has 25 heavy (non-hydrogen) atoms. The van der Waals surface area contributed by atoms with E-state index in [4.69, 9.17) is 9.47 Å². The van der Waals surface area contributed by atoms with Crippen molar-refractivity contribution in [3.8, 4) is 0 Å². The number of amides is 2. The zero-order chi connectivity index (χ0) is 17.5. The summed E-state index contributed by atoms with van der Waals surface area (Å²) in [6.45, 7) is 3.45. The summed E-state index contributed by atoms with van der Waals surface area (Å²) in [6.07, 6.45) is 9.34. The molecule has 3 aliphatic rings. The lowest BCUT2D eigenvalue weighted by atomic mass is 9.95. The van der Waals surface area contributed by atoms with Gasteiger partial charge < -0.3 is 19.7 Å². The molecule has 0 spiro atoms. The van der Waals surface area contributed by atoms with Gasteiger partial charge in [0.05, 0.1) is 6.10 Å². The molecule has 0 radical (unpaired) electrons. The predicted molar refractivity (Wildman–Crippen MR) is 94.1 cm³/mol. The van der Waals surface area contributed by atoms with Crippen LogP contribution in [0.2, 0.25) is 0 Å². The molecule has 0 aromatic rings. The predicted octanol–water partition coefficient (Wildman–Crippen LogP) is 1.87. The number of piperidine rings is 1. The SMILES string of the molecule is O=C(NCCCOC1CCCC1)C1CCN(C(=O)[C@@H]2CCCO2)CC1. The fourth-order valence-electron chi connectivity index (χ4n) is 4.07. The highest BCUT2D eigenvalue weighted by atomic mass is 16.5. The van der Waals surface area contributed by atoms with Crippen LogP contribution < -0.4 is 5.32 Å². The molecule has 3 rings (SSSR count). The van der Waals surface area contributed by atoms with Crippen molar-refractivity contribution >= 4 is 11.8 Å². The Bertz CT molecular complexity index is 437. The minimum absolute atomic E-state index is 0.0318. The first-order valence-electron chi connectivity index (χ1n) is 10.0. The third-order valence-corrected chi connectivity index (χ3v) is 5.66. The molecule has 142 valence electrons. The van der Waals surface area contributed by atoms with Gasteiger partial charge in [0.25, 0.3) is 5.91 Å². The Morgan fingerprint density at radius 2 is 1.80 bits per heavy atom. The quantitative estimate of drug-likeness (QED) is 0.710. The Kier molecular flexibility index (Phi) is 7.11. The molecule has 6 heteroatoms. The molecule has 3 fully saturated rings. The monoisotopic (exact) mass is 352 g/mol. The standard InChI is InChI=1S/C19H32N2O4/c22-18(20-10-4-14-24-16-5-1-2-6-16)15-8-11-21(12-9-15)19(23)17-7-3-13-25-17/h15-17H,1-14H2,(H,20,22)/t17-/m0/s1.